The lowest BCUT2D eigenvalue weighted by atomic mass is 9.95. The van der Waals surface area contributed by atoms with Crippen LogP contribution in [0.15, 0.2) is 47.4 Å². The molecule has 1 aliphatic rings. The predicted molar refractivity (Wildman–Crippen MR) is 119 cm³/mol. The Morgan fingerprint density at radius 3 is 2.94 bits per heavy atom. The number of halogens is 1. The molecule has 0 bridgehead atoms. The maximum absolute atomic E-state index is 14.7. The highest BCUT2D eigenvalue weighted by atomic mass is 19.1. The zero-order valence-electron chi connectivity index (χ0n) is 18.3. The molecule has 2 atom stereocenters. The minimum atomic E-state index is -2.31. The topological polar surface area (TPSA) is 175 Å². The van der Waals surface area contributed by atoms with E-state index in [1.807, 2.05) is 0 Å². The smallest absolute Gasteiger partial charge is 0.261 e. The van der Waals surface area contributed by atoms with Crippen molar-refractivity contribution in [2.45, 2.75) is 18.6 Å². The van der Waals surface area contributed by atoms with Gasteiger partial charge in [-0.25, -0.2) is 9.07 Å². The SMILES string of the molecule is CC(O)(C(=O)Nc1ccc2c(N)noc2c1)C1OCCN(c2nn(-c3ccnnc3)cc2F)C1=O. The van der Waals surface area contributed by atoms with E-state index in [4.69, 9.17) is 15.0 Å². The van der Waals surface area contributed by atoms with Crippen LogP contribution in [0.3, 0.4) is 0 Å². The van der Waals surface area contributed by atoms with Gasteiger partial charge in [-0.1, -0.05) is 5.16 Å². The molecule has 3 aromatic heterocycles. The first kappa shape index (κ1) is 22.4. The Morgan fingerprint density at radius 1 is 1.34 bits per heavy atom. The zero-order valence-corrected chi connectivity index (χ0v) is 18.3. The lowest BCUT2D eigenvalue weighted by Crippen LogP contribution is -2.61. The summed E-state index contributed by atoms with van der Waals surface area (Å²) in [5.74, 6) is -2.60. The number of amides is 2. The number of carbonyl (C=O) groups excluding carboxylic acids is 2. The fraction of sp³-hybridized carbons (Fsp3) is 0.238. The van der Waals surface area contributed by atoms with Crippen LogP contribution in [-0.4, -0.2) is 66.9 Å². The minimum Gasteiger partial charge on any atom is -0.380 e. The Bertz CT molecular complexity index is 1420. The molecule has 13 nitrogen and oxygen atoms in total. The third-order valence-corrected chi connectivity index (χ3v) is 5.56. The van der Waals surface area contributed by atoms with Gasteiger partial charge in [0.2, 0.25) is 0 Å². The summed E-state index contributed by atoms with van der Waals surface area (Å²) in [6.45, 7) is 1.04. The van der Waals surface area contributed by atoms with Crippen LogP contribution in [0.1, 0.15) is 6.92 Å². The van der Waals surface area contributed by atoms with Gasteiger partial charge in [0.05, 0.1) is 42.8 Å². The number of nitrogen functional groups attached to an aromatic ring is 1. The van der Waals surface area contributed by atoms with E-state index in [9.17, 15) is 19.1 Å². The van der Waals surface area contributed by atoms with Gasteiger partial charge in [0.25, 0.3) is 11.8 Å². The molecule has 2 unspecified atom stereocenters. The lowest BCUT2D eigenvalue weighted by Gasteiger charge is -2.37. The number of aliphatic hydroxyl groups is 1. The van der Waals surface area contributed by atoms with Crippen molar-refractivity contribution in [1.29, 1.82) is 0 Å². The highest BCUT2D eigenvalue weighted by Gasteiger charge is 2.49. The van der Waals surface area contributed by atoms with Crippen LogP contribution >= 0.6 is 0 Å². The molecule has 4 aromatic rings. The number of carbonyl (C=O) groups is 2. The molecular weight excluding hydrogens is 463 g/mol. The van der Waals surface area contributed by atoms with Crippen LogP contribution in [0.4, 0.5) is 21.7 Å². The van der Waals surface area contributed by atoms with Crippen LogP contribution in [0.25, 0.3) is 16.7 Å². The molecule has 4 heterocycles. The Labute approximate surface area is 196 Å². The molecule has 0 saturated carbocycles. The summed E-state index contributed by atoms with van der Waals surface area (Å²) in [6, 6.07) is 6.16. The largest absolute Gasteiger partial charge is 0.380 e. The standard InChI is InChI=1S/C21H19FN8O5/c1-21(33,20(32)26-11-2-3-13-15(8-11)35-28-17(13)23)16-19(31)29(6-7-34-16)18-14(22)10-30(27-18)12-4-5-24-25-9-12/h2-5,8-10,16,33H,6-7H2,1H3,(H2,23,28)(H,26,32). The minimum absolute atomic E-state index is 0.0286. The molecule has 1 fully saturated rings. The third-order valence-electron chi connectivity index (χ3n) is 5.56. The van der Waals surface area contributed by atoms with Crippen molar-refractivity contribution < 1.29 is 28.3 Å². The van der Waals surface area contributed by atoms with Crippen LogP contribution in [0.5, 0.6) is 0 Å². The summed E-state index contributed by atoms with van der Waals surface area (Å²) >= 11 is 0. The normalized spacial score (nSPS) is 18.0. The Balaban J connectivity index is 1.37. The van der Waals surface area contributed by atoms with E-state index >= 15 is 0 Å². The number of fused-ring (bicyclic) bond motifs is 1. The van der Waals surface area contributed by atoms with Gasteiger partial charge < -0.3 is 25.4 Å². The fourth-order valence-electron chi connectivity index (χ4n) is 3.69. The van der Waals surface area contributed by atoms with E-state index in [1.54, 1.807) is 12.1 Å². The average Bonchev–Trinajstić information content (AvgIpc) is 3.42. The summed E-state index contributed by atoms with van der Waals surface area (Å²) in [4.78, 5) is 27.1. The molecule has 0 aliphatic carbocycles. The monoisotopic (exact) mass is 482 g/mol. The number of benzene rings is 1. The highest BCUT2D eigenvalue weighted by Crippen LogP contribution is 2.28. The molecule has 5 rings (SSSR count). The van der Waals surface area contributed by atoms with Crippen LogP contribution < -0.4 is 16.0 Å². The summed E-state index contributed by atoms with van der Waals surface area (Å²) in [6.07, 6.45) is 2.25. The number of hydrogen-bond acceptors (Lipinski definition) is 10. The number of ether oxygens (including phenoxy) is 1. The van der Waals surface area contributed by atoms with Gasteiger partial charge in [0.1, 0.15) is 0 Å². The molecule has 2 amide bonds. The zero-order chi connectivity index (χ0) is 24.7. The van der Waals surface area contributed by atoms with Gasteiger partial charge in [-0.3, -0.25) is 14.5 Å². The molecule has 1 saturated heterocycles. The van der Waals surface area contributed by atoms with Gasteiger partial charge in [0.15, 0.2) is 34.7 Å². The van der Waals surface area contributed by atoms with E-state index < -0.39 is 29.3 Å². The average molecular weight is 482 g/mol. The second-order valence-electron chi connectivity index (χ2n) is 7.97. The van der Waals surface area contributed by atoms with Gasteiger partial charge in [0, 0.05) is 11.8 Å². The number of aromatic nitrogens is 5. The molecule has 1 aromatic carbocycles. The highest BCUT2D eigenvalue weighted by molar-refractivity contribution is 6.06. The van der Waals surface area contributed by atoms with Gasteiger partial charge in [-0.05, 0) is 25.1 Å². The van der Waals surface area contributed by atoms with Crippen LogP contribution in [-0.2, 0) is 14.3 Å². The van der Waals surface area contributed by atoms with E-state index in [0.29, 0.717) is 16.7 Å². The van der Waals surface area contributed by atoms with Gasteiger partial charge >= 0.3 is 0 Å². The maximum atomic E-state index is 14.7. The molecule has 0 radical (unpaired) electrons. The Hall–Kier alpha value is -4.43. The quantitative estimate of drug-likeness (QED) is 0.366. The van der Waals surface area contributed by atoms with E-state index in [1.165, 1.54) is 29.2 Å². The molecule has 4 N–H and O–H groups in total. The first-order chi connectivity index (χ1) is 16.8. The van der Waals surface area contributed by atoms with Crippen molar-refractivity contribution in [3.63, 3.8) is 0 Å². The maximum Gasteiger partial charge on any atom is 0.261 e. The number of rotatable bonds is 5. The van der Waals surface area contributed by atoms with Gasteiger partial charge in [-0.15, -0.1) is 5.10 Å². The molecule has 1 aliphatic heterocycles. The molecule has 14 heteroatoms. The number of morpholine rings is 1. The number of anilines is 3. The number of nitrogens with two attached hydrogens (primary N) is 1. The number of hydrogen-bond donors (Lipinski definition) is 3. The van der Waals surface area contributed by atoms with Crippen molar-refractivity contribution in [3.05, 3.63) is 48.7 Å². The van der Waals surface area contributed by atoms with Gasteiger partial charge in [-0.2, -0.15) is 10.2 Å². The Kier molecular flexibility index (Phi) is 5.37. The Morgan fingerprint density at radius 2 is 2.17 bits per heavy atom. The van der Waals surface area contributed by atoms with Crippen LogP contribution in [0, 0.1) is 5.82 Å². The molecule has 0 spiro atoms. The lowest BCUT2D eigenvalue weighted by molar-refractivity contribution is -0.165. The van der Waals surface area contributed by atoms with Crippen molar-refractivity contribution >= 4 is 40.1 Å². The fourth-order valence-corrected chi connectivity index (χ4v) is 3.69. The van der Waals surface area contributed by atoms with E-state index in [2.05, 4.69) is 25.8 Å². The number of nitrogens with zero attached hydrogens (tertiary/aromatic N) is 6. The summed E-state index contributed by atoms with van der Waals surface area (Å²) < 4.78 is 26.5. The predicted octanol–water partition coefficient (Wildman–Crippen LogP) is 0.646. The second-order valence-corrected chi connectivity index (χ2v) is 7.97. The summed E-state index contributed by atoms with van der Waals surface area (Å²) in [5, 5.41) is 29.2. The van der Waals surface area contributed by atoms with Crippen LogP contribution in [0.2, 0.25) is 0 Å². The molecular formula is C21H19FN8O5. The summed E-state index contributed by atoms with van der Waals surface area (Å²) in [7, 11) is 0. The van der Waals surface area contributed by atoms with Crippen molar-refractivity contribution in [1.82, 2.24) is 25.1 Å². The molecule has 180 valence electrons. The molecule has 35 heavy (non-hydrogen) atoms. The third kappa shape index (κ3) is 3.94. The first-order valence-corrected chi connectivity index (χ1v) is 10.4. The van der Waals surface area contributed by atoms with Crippen molar-refractivity contribution in [3.8, 4) is 5.69 Å². The summed E-state index contributed by atoms with van der Waals surface area (Å²) in [5.41, 5.74) is 4.41. The first-order valence-electron chi connectivity index (χ1n) is 10.4. The van der Waals surface area contributed by atoms with E-state index in [-0.39, 0.29) is 30.5 Å². The van der Waals surface area contributed by atoms with E-state index in [0.717, 1.165) is 18.0 Å². The second kappa shape index (κ2) is 8.41. The number of nitrogens with one attached hydrogen (secondary N) is 1. The van der Waals surface area contributed by atoms with Crippen molar-refractivity contribution in [2.24, 2.45) is 0 Å². The van der Waals surface area contributed by atoms with Crippen molar-refractivity contribution in [2.75, 3.05) is 29.1 Å².